The largest absolute Gasteiger partial charge is 0.466 e. The molecule has 0 aliphatic carbocycles. The molecule has 0 N–H and O–H groups in total. The standard InChI is InChI=1S/C6H8O4/c1-3-5(7)10-4-6(8)9-2/h3-4H,1-2H3. The molecule has 0 heterocycles. The first-order valence-corrected chi connectivity index (χ1v) is 2.62. The number of hydrogen-bond acceptors (Lipinski definition) is 4. The first-order chi connectivity index (χ1) is 4.70. The van der Waals surface area contributed by atoms with Crippen LogP contribution in [-0.4, -0.2) is 19.0 Å². The topological polar surface area (TPSA) is 52.6 Å². The van der Waals surface area contributed by atoms with E-state index < -0.39 is 11.9 Å². The van der Waals surface area contributed by atoms with Crippen LogP contribution in [0.5, 0.6) is 0 Å². The van der Waals surface area contributed by atoms with Gasteiger partial charge in [-0.3, -0.25) is 4.79 Å². The van der Waals surface area contributed by atoms with Crippen molar-refractivity contribution in [1.82, 2.24) is 0 Å². The van der Waals surface area contributed by atoms with Gasteiger partial charge in [0.1, 0.15) is 0 Å². The number of carbonyl (C=O) groups excluding carboxylic acids is 2. The van der Waals surface area contributed by atoms with Gasteiger partial charge in [0.15, 0.2) is 0 Å². The van der Waals surface area contributed by atoms with Gasteiger partial charge in [0, 0.05) is 0 Å². The molecule has 0 fully saturated rings. The van der Waals surface area contributed by atoms with Crippen molar-refractivity contribution in [2.45, 2.75) is 6.92 Å². The molecular formula is C6H8O4. The number of carbonyl (C=O) groups is 2. The molecular weight excluding hydrogens is 136 g/mol. The Morgan fingerprint density at radius 2 is 1.90 bits per heavy atom. The second kappa shape index (κ2) is 4.78. The fraction of sp³-hybridized carbons (Fsp3) is 0.333. The Balaban J connectivity index is 3.35. The monoisotopic (exact) mass is 144 g/mol. The Morgan fingerprint density at radius 1 is 1.30 bits per heavy atom. The summed E-state index contributed by atoms with van der Waals surface area (Å²) in [6, 6.07) is 0. The molecule has 4 nitrogen and oxygen atoms in total. The van der Waals surface area contributed by atoms with Gasteiger partial charge in [0.05, 0.1) is 13.5 Å². The minimum absolute atomic E-state index is 0.578. The van der Waals surface area contributed by atoms with E-state index in [1.165, 1.54) is 20.5 Å². The van der Waals surface area contributed by atoms with Crippen molar-refractivity contribution < 1.29 is 19.1 Å². The van der Waals surface area contributed by atoms with Gasteiger partial charge >= 0.3 is 11.9 Å². The molecule has 0 aromatic heterocycles. The van der Waals surface area contributed by atoms with Crippen LogP contribution >= 0.6 is 0 Å². The second-order valence-corrected chi connectivity index (χ2v) is 1.37. The van der Waals surface area contributed by atoms with E-state index in [-0.39, 0.29) is 0 Å². The summed E-state index contributed by atoms with van der Waals surface area (Å²) in [5.74, 6) is -1.26. The van der Waals surface area contributed by atoms with E-state index in [1.54, 1.807) is 0 Å². The summed E-state index contributed by atoms with van der Waals surface area (Å²) in [7, 11) is 1.20. The highest BCUT2D eigenvalue weighted by atomic mass is 16.6. The van der Waals surface area contributed by atoms with E-state index in [0.717, 1.165) is 0 Å². The molecule has 0 rings (SSSR count). The normalized spacial score (nSPS) is 8.60. The van der Waals surface area contributed by atoms with Gasteiger partial charge in [-0.05, 0) is 0 Å². The molecule has 0 aromatic carbocycles. The molecule has 0 aliphatic rings. The van der Waals surface area contributed by atoms with Gasteiger partial charge in [0.25, 0.3) is 0 Å². The van der Waals surface area contributed by atoms with E-state index in [4.69, 9.17) is 0 Å². The first kappa shape index (κ1) is 8.94. The van der Waals surface area contributed by atoms with Crippen LogP contribution in [0.4, 0.5) is 0 Å². The van der Waals surface area contributed by atoms with Gasteiger partial charge in [-0.2, -0.15) is 0 Å². The maximum absolute atomic E-state index is 10.3. The minimum atomic E-state index is -0.685. The van der Waals surface area contributed by atoms with Gasteiger partial charge in [0.2, 0.25) is 6.61 Å². The van der Waals surface area contributed by atoms with Crippen LogP contribution in [0.1, 0.15) is 6.92 Å². The van der Waals surface area contributed by atoms with Crippen LogP contribution in [0.3, 0.4) is 0 Å². The van der Waals surface area contributed by atoms with E-state index in [9.17, 15) is 9.59 Å². The maximum Gasteiger partial charge on any atom is 0.351 e. The third kappa shape index (κ3) is 3.88. The van der Waals surface area contributed by atoms with E-state index >= 15 is 0 Å². The SMILES string of the molecule is C[CH]C(=O)O[CH]C(=O)OC. The summed E-state index contributed by atoms with van der Waals surface area (Å²) in [5.41, 5.74) is 0. The predicted octanol–water partition coefficient (Wildman–Crippen LogP) is 0.0886. The van der Waals surface area contributed by atoms with Crippen molar-refractivity contribution >= 4 is 11.9 Å². The molecule has 0 bridgehead atoms. The van der Waals surface area contributed by atoms with Crippen molar-refractivity contribution in [2.75, 3.05) is 7.11 Å². The summed E-state index contributed by atoms with van der Waals surface area (Å²) in [6.07, 6.45) is 1.19. The maximum atomic E-state index is 10.3. The van der Waals surface area contributed by atoms with Crippen LogP contribution < -0.4 is 0 Å². The van der Waals surface area contributed by atoms with Crippen molar-refractivity contribution in [1.29, 1.82) is 0 Å². The Labute approximate surface area is 59.1 Å². The zero-order chi connectivity index (χ0) is 7.98. The number of methoxy groups -OCH3 is 1. The minimum Gasteiger partial charge on any atom is -0.466 e. The highest BCUT2D eigenvalue weighted by molar-refractivity contribution is 5.84. The van der Waals surface area contributed by atoms with Gasteiger partial charge in [-0.25, -0.2) is 4.79 Å². The van der Waals surface area contributed by atoms with E-state index in [2.05, 4.69) is 9.47 Å². The Kier molecular flexibility index (Phi) is 4.28. The lowest BCUT2D eigenvalue weighted by molar-refractivity contribution is -0.148. The molecule has 0 saturated heterocycles. The summed E-state index contributed by atoms with van der Waals surface area (Å²) < 4.78 is 8.41. The first-order valence-electron chi connectivity index (χ1n) is 2.62. The molecule has 0 spiro atoms. The Hall–Kier alpha value is -1.06. The lowest BCUT2D eigenvalue weighted by Crippen LogP contribution is -2.08. The molecule has 56 valence electrons. The van der Waals surface area contributed by atoms with Crippen LogP contribution in [0, 0.1) is 13.0 Å². The lowest BCUT2D eigenvalue weighted by atomic mass is 10.5. The van der Waals surface area contributed by atoms with Crippen molar-refractivity contribution in [2.24, 2.45) is 0 Å². The number of rotatable bonds is 3. The highest BCUT2D eigenvalue weighted by Crippen LogP contribution is 1.88. The molecule has 0 saturated carbocycles. The second-order valence-electron chi connectivity index (χ2n) is 1.37. The number of esters is 2. The molecule has 10 heavy (non-hydrogen) atoms. The zero-order valence-electron chi connectivity index (χ0n) is 5.79. The van der Waals surface area contributed by atoms with Gasteiger partial charge in [-0.1, -0.05) is 6.92 Å². The molecule has 0 unspecified atom stereocenters. The third-order valence-electron chi connectivity index (χ3n) is 0.708. The van der Waals surface area contributed by atoms with E-state index in [0.29, 0.717) is 6.61 Å². The fourth-order valence-corrected chi connectivity index (χ4v) is 0.222. The van der Waals surface area contributed by atoms with Crippen molar-refractivity contribution in [3.05, 3.63) is 13.0 Å². The molecule has 0 aliphatic heterocycles. The Morgan fingerprint density at radius 3 is 2.30 bits per heavy atom. The molecule has 4 heteroatoms. The smallest absolute Gasteiger partial charge is 0.351 e. The average molecular weight is 144 g/mol. The predicted molar refractivity (Wildman–Crippen MR) is 32.4 cm³/mol. The van der Waals surface area contributed by atoms with Crippen LogP contribution in [0.25, 0.3) is 0 Å². The molecule has 0 amide bonds. The van der Waals surface area contributed by atoms with Crippen LogP contribution in [-0.2, 0) is 19.1 Å². The zero-order valence-corrected chi connectivity index (χ0v) is 5.79. The average Bonchev–Trinajstić information content (AvgIpc) is 1.99. The highest BCUT2D eigenvalue weighted by Gasteiger charge is 2.05. The lowest BCUT2D eigenvalue weighted by Gasteiger charge is -1.97. The van der Waals surface area contributed by atoms with E-state index in [1.807, 2.05) is 0 Å². The Bertz CT molecular complexity index is 114. The summed E-state index contributed by atoms with van der Waals surface area (Å²) >= 11 is 0. The molecule has 0 aromatic rings. The van der Waals surface area contributed by atoms with Gasteiger partial charge in [-0.15, -0.1) is 0 Å². The number of hydrogen-bond donors (Lipinski definition) is 0. The van der Waals surface area contributed by atoms with Gasteiger partial charge < -0.3 is 9.47 Å². The molecule has 0 atom stereocenters. The summed E-state index contributed by atoms with van der Waals surface area (Å²) in [4.78, 5) is 20.6. The summed E-state index contributed by atoms with van der Waals surface area (Å²) in [5, 5.41) is 0. The van der Waals surface area contributed by atoms with Crippen LogP contribution in [0.15, 0.2) is 0 Å². The number of ether oxygens (including phenoxy) is 2. The quantitative estimate of drug-likeness (QED) is 0.526. The fourth-order valence-electron chi connectivity index (χ4n) is 0.222. The molecule has 2 radical (unpaired) electrons. The summed E-state index contributed by atoms with van der Waals surface area (Å²) in [6.45, 7) is 2.22. The van der Waals surface area contributed by atoms with Crippen LogP contribution in [0.2, 0.25) is 0 Å². The van der Waals surface area contributed by atoms with Crippen molar-refractivity contribution in [3.8, 4) is 0 Å². The van der Waals surface area contributed by atoms with Crippen molar-refractivity contribution in [3.63, 3.8) is 0 Å². The third-order valence-corrected chi connectivity index (χ3v) is 0.708.